The van der Waals surface area contributed by atoms with Crippen LogP contribution in [0.3, 0.4) is 0 Å². The second-order valence-corrected chi connectivity index (χ2v) is 6.94. The Morgan fingerprint density at radius 1 is 1.21 bits per heavy atom. The van der Waals surface area contributed by atoms with Crippen LogP contribution in [-0.4, -0.2) is 57.0 Å². The van der Waals surface area contributed by atoms with Crippen molar-refractivity contribution in [1.29, 1.82) is 0 Å². The number of nitrogens with zero attached hydrogens (tertiary/aromatic N) is 2. The lowest BCUT2D eigenvalue weighted by atomic mass is 10.2. The Kier molecular flexibility index (Phi) is 7.86. The Balaban J connectivity index is 1.52. The molecule has 1 heterocycles. The number of hydrogen-bond donors (Lipinski definition) is 1. The van der Waals surface area contributed by atoms with Crippen LogP contribution in [-0.2, 0) is 16.1 Å². The summed E-state index contributed by atoms with van der Waals surface area (Å²) >= 11 is 5.90. The number of hydrazone groups is 1. The van der Waals surface area contributed by atoms with Crippen molar-refractivity contribution < 1.29 is 19.0 Å². The van der Waals surface area contributed by atoms with Crippen LogP contribution in [0.2, 0.25) is 5.02 Å². The van der Waals surface area contributed by atoms with E-state index in [0.29, 0.717) is 42.9 Å². The lowest BCUT2D eigenvalue weighted by Crippen LogP contribution is -2.42. The molecular formula is C21H24ClN3O4. The number of morpholine rings is 1. The Bertz CT molecular complexity index is 836. The topological polar surface area (TPSA) is 72.4 Å². The normalized spacial score (nSPS) is 14.7. The van der Waals surface area contributed by atoms with Gasteiger partial charge >= 0.3 is 0 Å². The fraction of sp³-hybridized carbons (Fsp3) is 0.333. The highest BCUT2D eigenvalue weighted by molar-refractivity contribution is 6.30. The highest BCUT2D eigenvalue weighted by atomic mass is 35.5. The van der Waals surface area contributed by atoms with Gasteiger partial charge in [0.25, 0.3) is 5.91 Å². The van der Waals surface area contributed by atoms with Gasteiger partial charge in [-0.15, -0.1) is 0 Å². The van der Waals surface area contributed by atoms with E-state index in [1.54, 1.807) is 19.4 Å². The molecule has 1 amide bonds. The molecule has 0 unspecified atom stereocenters. The number of rotatable bonds is 8. The smallest absolute Gasteiger partial charge is 0.254 e. The van der Waals surface area contributed by atoms with Gasteiger partial charge in [0, 0.05) is 18.1 Å². The van der Waals surface area contributed by atoms with Gasteiger partial charge < -0.3 is 14.2 Å². The molecule has 0 atom stereocenters. The molecule has 8 heteroatoms. The Hall–Kier alpha value is -2.61. The van der Waals surface area contributed by atoms with E-state index in [9.17, 15) is 4.79 Å². The predicted octanol–water partition coefficient (Wildman–Crippen LogP) is 2.71. The lowest BCUT2D eigenvalue weighted by Gasteiger charge is -2.25. The van der Waals surface area contributed by atoms with Crippen LogP contribution in [0, 0.1) is 0 Å². The molecule has 1 aliphatic rings. The number of carbonyl (C=O) groups excluding carboxylic acids is 1. The summed E-state index contributed by atoms with van der Waals surface area (Å²) in [5.41, 5.74) is 4.34. The average Bonchev–Trinajstić information content (AvgIpc) is 2.74. The van der Waals surface area contributed by atoms with Crippen molar-refractivity contribution in [1.82, 2.24) is 10.3 Å². The number of ether oxygens (including phenoxy) is 3. The first kappa shape index (κ1) is 21.1. The van der Waals surface area contributed by atoms with Gasteiger partial charge in [-0.25, -0.2) is 5.43 Å². The van der Waals surface area contributed by atoms with E-state index in [4.69, 9.17) is 25.8 Å². The average molecular weight is 418 g/mol. The molecule has 29 heavy (non-hydrogen) atoms. The van der Waals surface area contributed by atoms with Crippen LogP contribution in [0.25, 0.3) is 0 Å². The van der Waals surface area contributed by atoms with Crippen molar-refractivity contribution in [3.63, 3.8) is 0 Å². The molecular weight excluding hydrogens is 394 g/mol. The van der Waals surface area contributed by atoms with Crippen molar-refractivity contribution in [2.75, 3.05) is 40.0 Å². The molecule has 2 aromatic carbocycles. The van der Waals surface area contributed by atoms with Crippen LogP contribution in [0.15, 0.2) is 47.6 Å². The fourth-order valence-electron chi connectivity index (χ4n) is 2.80. The molecule has 0 aromatic heterocycles. The third-order valence-corrected chi connectivity index (χ3v) is 4.62. The second kappa shape index (κ2) is 10.8. The van der Waals surface area contributed by atoms with E-state index in [1.165, 1.54) is 0 Å². The Labute approximate surface area is 175 Å². The molecule has 0 saturated carbocycles. The number of hydrogen-bond acceptors (Lipinski definition) is 6. The summed E-state index contributed by atoms with van der Waals surface area (Å²) in [6.45, 7) is 3.53. The maximum Gasteiger partial charge on any atom is 0.254 e. The van der Waals surface area contributed by atoms with Gasteiger partial charge in [0.15, 0.2) is 11.5 Å². The summed E-state index contributed by atoms with van der Waals surface area (Å²) < 4.78 is 16.5. The summed E-state index contributed by atoms with van der Waals surface area (Å²) in [4.78, 5) is 14.0. The molecule has 0 bridgehead atoms. The number of nitrogens with one attached hydrogen (secondary N) is 1. The zero-order valence-corrected chi connectivity index (χ0v) is 17.0. The van der Waals surface area contributed by atoms with Gasteiger partial charge in [0.05, 0.1) is 33.1 Å². The summed E-state index contributed by atoms with van der Waals surface area (Å²) in [6, 6.07) is 12.9. The van der Waals surface area contributed by atoms with Crippen molar-refractivity contribution in [3.8, 4) is 11.5 Å². The van der Waals surface area contributed by atoms with Crippen LogP contribution < -0.4 is 14.9 Å². The van der Waals surface area contributed by atoms with Crippen molar-refractivity contribution >= 4 is 23.7 Å². The molecule has 0 aliphatic carbocycles. The highest BCUT2D eigenvalue weighted by Crippen LogP contribution is 2.28. The number of carbonyl (C=O) groups is 1. The van der Waals surface area contributed by atoms with Gasteiger partial charge in [-0.05, 0) is 41.5 Å². The van der Waals surface area contributed by atoms with E-state index >= 15 is 0 Å². The van der Waals surface area contributed by atoms with Crippen molar-refractivity contribution in [2.45, 2.75) is 6.61 Å². The molecule has 0 spiro atoms. The first-order valence-corrected chi connectivity index (χ1v) is 9.69. The van der Waals surface area contributed by atoms with Gasteiger partial charge in [-0.2, -0.15) is 5.10 Å². The zero-order valence-electron chi connectivity index (χ0n) is 16.3. The largest absolute Gasteiger partial charge is 0.493 e. The van der Waals surface area contributed by atoms with E-state index < -0.39 is 0 Å². The maximum atomic E-state index is 12.0. The molecule has 1 fully saturated rings. The Morgan fingerprint density at radius 3 is 2.69 bits per heavy atom. The van der Waals surface area contributed by atoms with Crippen molar-refractivity contribution in [3.05, 3.63) is 58.6 Å². The molecule has 1 aliphatic heterocycles. The van der Waals surface area contributed by atoms with Crippen LogP contribution >= 0.6 is 11.6 Å². The minimum atomic E-state index is -0.155. The van der Waals surface area contributed by atoms with Crippen LogP contribution in [0.5, 0.6) is 11.5 Å². The van der Waals surface area contributed by atoms with Crippen LogP contribution in [0.4, 0.5) is 0 Å². The monoisotopic (exact) mass is 417 g/mol. The van der Waals surface area contributed by atoms with E-state index in [2.05, 4.69) is 10.5 Å². The van der Waals surface area contributed by atoms with Gasteiger partial charge in [0.1, 0.15) is 6.61 Å². The third-order valence-electron chi connectivity index (χ3n) is 4.37. The number of benzene rings is 2. The summed E-state index contributed by atoms with van der Waals surface area (Å²) in [5, 5.41) is 4.71. The SMILES string of the molecule is COc1cc(/C=N\NC(=O)CN2CCOCC2)ccc1OCc1ccc(Cl)cc1. The summed E-state index contributed by atoms with van der Waals surface area (Å²) in [5.74, 6) is 1.05. The summed E-state index contributed by atoms with van der Waals surface area (Å²) in [6.07, 6.45) is 1.57. The number of amides is 1. The predicted molar refractivity (Wildman–Crippen MR) is 112 cm³/mol. The van der Waals surface area contributed by atoms with Gasteiger partial charge in [-0.3, -0.25) is 9.69 Å². The van der Waals surface area contributed by atoms with E-state index in [1.807, 2.05) is 41.3 Å². The lowest BCUT2D eigenvalue weighted by molar-refractivity contribution is -0.123. The minimum Gasteiger partial charge on any atom is -0.493 e. The molecule has 1 saturated heterocycles. The number of methoxy groups -OCH3 is 1. The minimum absolute atomic E-state index is 0.155. The first-order chi connectivity index (χ1) is 14.1. The highest BCUT2D eigenvalue weighted by Gasteiger charge is 2.13. The standard InChI is InChI=1S/C21H24ClN3O4/c1-27-20-12-17(13-23-24-21(26)14-25-8-10-28-11-9-25)4-7-19(20)29-15-16-2-5-18(22)6-3-16/h2-7,12-13H,8-11,14-15H2,1H3,(H,24,26)/b23-13-. The van der Waals surface area contributed by atoms with Gasteiger partial charge in [0.2, 0.25) is 0 Å². The molecule has 2 aromatic rings. The molecule has 1 N–H and O–H groups in total. The van der Waals surface area contributed by atoms with Gasteiger partial charge in [-0.1, -0.05) is 23.7 Å². The molecule has 154 valence electrons. The first-order valence-electron chi connectivity index (χ1n) is 9.31. The quantitative estimate of drug-likeness (QED) is 0.528. The van der Waals surface area contributed by atoms with E-state index in [0.717, 1.165) is 24.2 Å². The number of halogens is 1. The summed E-state index contributed by atoms with van der Waals surface area (Å²) in [7, 11) is 1.58. The van der Waals surface area contributed by atoms with E-state index in [-0.39, 0.29) is 5.91 Å². The second-order valence-electron chi connectivity index (χ2n) is 6.51. The zero-order chi connectivity index (χ0) is 20.5. The third kappa shape index (κ3) is 6.74. The molecule has 7 nitrogen and oxygen atoms in total. The Morgan fingerprint density at radius 2 is 1.97 bits per heavy atom. The molecule has 3 rings (SSSR count). The fourth-order valence-corrected chi connectivity index (χ4v) is 2.93. The van der Waals surface area contributed by atoms with Crippen LogP contribution in [0.1, 0.15) is 11.1 Å². The van der Waals surface area contributed by atoms with Crippen molar-refractivity contribution in [2.24, 2.45) is 5.10 Å². The maximum absolute atomic E-state index is 12.0. The molecule has 0 radical (unpaired) electrons.